The number of rotatable bonds is 7. The second kappa shape index (κ2) is 8.78. The van der Waals surface area contributed by atoms with Gasteiger partial charge < -0.3 is 15.1 Å². The molecule has 1 aromatic carbocycles. The van der Waals surface area contributed by atoms with Crippen molar-refractivity contribution >= 4 is 23.3 Å². The highest BCUT2D eigenvalue weighted by molar-refractivity contribution is 6.02. The molecular weight excluding hydrogens is 396 g/mol. The third-order valence-electron chi connectivity index (χ3n) is 5.01. The fourth-order valence-electron chi connectivity index (χ4n) is 3.40. The van der Waals surface area contributed by atoms with Crippen molar-refractivity contribution in [3.8, 4) is 0 Å². The van der Waals surface area contributed by atoms with Crippen LogP contribution in [0.15, 0.2) is 53.4 Å². The highest BCUT2D eigenvalue weighted by Crippen LogP contribution is 2.15. The largest absolute Gasteiger partial charge is 0.459 e. The standard InChI is InChI=1S/C22H22N6O3/c1-14-18(15(2)28-22(26-14)24-13-25-28)8-9-20(29)23-12-16-5-3-6-17(11-16)27-21(30)19-7-4-10-31-19/h3-7,10-11,13H,8-9,12H2,1-2H3,(H,23,29)(H,27,30). The van der Waals surface area contributed by atoms with E-state index in [-0.39, 0.29) is 17.6 Å². The van der Waals surface area contributed by atoms with Crippen LogP contribution in [0.3, 0.4) is 0 Å². The van der Waals surface area contributed by atoms with E-state index >= 15 is 0 Å². The van der Waals surface area contributed by atoms with E-state index in [0.29, 0.717) is 30.9 Å². The number of carbonyl (C=O) groups is 2. The lowest BCUT2D eigenvalue weighted by atomic mass is 10.1. The number of carbonyl (C=O) groups excluding carboxylic acids is 2. The monoisotopic (exact) mass is 418 g/mol. The molecule has 0 aliphatic heterocycles. The van der Waals surface area contributed by atoms with Gasteiger partial charge in [-0.3, -0.25) is 9.59 Å². The Kier molecular flexibility index (Phi) is 5.74. The van der Waals surface area contributed by atoms with Crippen molar-refractivity contribution in [1.82, 2.24) is 24.9 Å². The van der Waals surface area contributed by atoms with Gasteiger partial charge in [0.15, 0.2) is 5.76 Å². The Bertz CT molecular complexity index is 1230. The van der Waals surface area contributed by atoms with Crippen molar-refractivity contribution in [2.45, 2.75) is 33.2 Å². The van der Waals surface area contributed by atoms with Gasteiger partial charge in [0.2, 0.25) is 5.91 Å². The number of amides is 2. The van der Waals surface area contributed by atoms with E-state index in [1.54, 1.807) is 22.7 Å². The van der Waals surface area contributed by atoms with Gasteiger partial charge in [0, 0.05) is 30.0 Å². The van der Waals surface area contributed by atoms with E-state index in [9.17, 15) is 9.59 Å². The van der Waals surface area contributed by atoms with Gasteiger partial charge in [0.05, 0.1) is 6.26 Å². The molecular formula is C22H22N6O3. The first-order chi connectivity index (χ1) is 15.0. The Hall–Kier alpha value is -4.01. The zero-order valence-electron chi connectivity index (χ0n) is 17.3. The van der Waals surface area contributed by atoms with Crippen LogP contribution in [0, 0.1) is 13.8 Å². The lowest BCUT2D eigenvalue weighted by Crippen LogP contribution is -2.23. The van der Waals surface area contributed by atoms with Gasteiger partial charge >= 0.3 is 0 Å². The van der Waals surface area contributed by atoms with Crippen LogP contribution in [0.4, 0.5) is 5.69 Å². The van der Waals surface area contributed by atoms with Gasteiger partial charge in [-0.15, -0.1) is 0 Å². The van der Waals surface area contributed by atoms with E-state index in [1.807, 2.05) is 32.0 Å². The summed E-state index contributed by atoms with van der Waals surface area (Å²) in [5.74, 6) is 0.405. The quantitative estimate of drug-likeness (QED) is 0.477. The number of hydrogen-bond donors (Lipinski definition) is 2. The minimum absolute atomic E-state index is 0.0671. The second-order valence-electron chi connectivity index (χ2n) is 7.14. The summed E-state index contributed by atoms with van der Waals surface area (Å²) in [6.45, 7) is 4.23. The molecule has 4 aromatic rings. The number of furan rings is 1. The molecule has 31 heavy (non-hydrogen) atoms. The van der Waals surface area contributed by atoms with Crippen molar-refractivity contribution in [3.63, 3.8) is 0 Å². The fraction of sp³-hybridized carbons (Fsp3) is 0.227. The number of nitrogens with zero attached hydrogens (tertiary/aromatic N) is 4. The number of aromatic nitrogens is 4. The van der Waals surface area contributed by atoms with Gasteiger partial charge in [-0.1, -0.05) is 12.1 Å². The Balaban J connectivity index is 1.33. The van der Waals surface area contributed by atoms with Gasteiger partial charge in [0.1, 0.15) is 6.33 Å². The molecule has 0 spiro atoms. The van der Waals surface area contributed by atoms with E-state index in [1.165, 1.54) is 12.6 Å². The van der Waals surface area contributed by atoms with Crippen LogP contribution in [0.5, 0.6) is 0 Å². The molecule has 9 nitrogen and oxygen atoms in total. The van der Waals surface area contributed by atoms with Crippen LogP contribution in [0.25, 0.3) is 5.78 Å². The van der Waals surface area contributed by atoms with Crippen LogP contribution in [0.2, 0.25) is 0 Å². The highest BCUT2D eigenvalue weighted by atomic mass is 16.3. The average Bonchev–Trinajstić information content (AvgIpc) is 3.44. The van der Waals surface area contributed by atoms with E-state index in [0.717, 1.165) is 22.5 Å². The first-order valence-corrected chi connectivity index (χ1v) is 9.87. The predicted octanol–water partition coefficient (Wildman–Crippen LogP) is 2.84. The lowest BCUT2D eigenvalue weighted by molar-refractivity contribution is -0.121. The maximum Gasteiger partial charge on any atom is 0.291 e. The average molecular weight is 418 g/mol. The topological polar surface area (TPSA) is 114 Å². The summed E-state index contributed by atoms with van der Waals surface area (Å²) in [4.78, 5) is 33.0. The molecule has 2 N–H and O–H groups in total. The molecule has 9 heteroatoms. The van der Waals surface area contributed by atoms with Gasteiger partial charge in [-0.2, -0.15) is 10.1 Å². The Labute approximate surface area is 178 Å². The normalized spacial score (nSPS) is 10.9. The van der Waals surface area contributed by atoms with Crippen LogP contribution >= 0.6 is 0 Å². The molecule has 0 fully saturated rings. The summed E-state index contributed by atoms with van der Waals surface area (Å²) in [5, 5.41) is 9.88. The van der Waals surface area contributed by atoms with Gasteiger partial charge in [0.25, 0.3) is 11.7 Å². The number of aryl methyl sites for hydroxylation is 2. The maximum atomic E-state index is 12.4. The molecule has 4 rings (SSSR count). The van der Waals surface area contributed by atoms with Crippen molar-refractivity contribution in [1.29, 1.82) is 0 Å². The van der Waals surface area contributed by atoms with E-state index in [4.69, 9.17) is 4.42 Å². The SMILES string of the molecule is Cc1nc2ncnn2c(C)c1CCC(=O)NCc1cccc(NC(=O)c2ccco2)c1. The summed E-state index contributed by atoms with van der Waals surface area (Å²) in [7, 11) is 0. The molecule has 158 valence electrons. The highest BCUT2D eigenvalue weighted by Gasteiger charge is 2.13. The summed E-state index contributed by atoms with van der Waals surface area (Å²) in [5.41, 5.74) is 4.30. The van der Waals surface area contributed by atoms with Crippen molar-refractivity contribution in [3.05, 3.63) is 77.3 Å². The molecule has 0 saturated heterocycles. The lowest BCUT2D eigenvalue weighted by Gasteiger charge is -2.11. The van der Waals surface area contributed by atoms with Gasteiger partial charge in [-0.05, 0) is 55.7 Å². The Morgan fingerprint density at radius 3 is 2.84 bits per heavy atom. The zero-order valence-corrected chi connectivity index (χ0v) is 17.3. The number of fused-ring (bicyclic) bond motifs is 1. The predicted molar refractivity (Wildman–Crippen MR) is 114 cm³/mol. The third-order valence-corrected chi connectivity index (χ3v) is 5.01. The second-order valence-corrected chi connectivity index (χ2v) is 7.14. The molecule has 0 bridgehead atoms. The van der Waals surface area contributed by atoms with Crippen LogP contribution in [0.1, 0.15) is 39.5 Å². The van der Waals surface area contributed by atoms with Crippen molar-refractivity contribution < 1.29 is 14.0 Å². The molecule has 3 heterocycles. The van der Waals surface area contributed by atoms with Gasteiger partial charge in [-0.25, -0.2) is 9.50 Å². The molecule has 2 amide bonds. The molecule has 0 atom stereocenters. The smallest absolute Gasteiger partial charge is 0.291 e. The zero-order chi connectivity index (χ0) is 21.8. The number of anilines is 1. The van der Waals surface area contributed by atoms with E-state index in [2.05, 4.69) is 25.7 Å². The Morgan fingerprint density at radius 2 is 2.03 bits per heavy atom. The minimum Gasteiger partial charge on any atom is -0.459 e. The summed E-state index contributed by atoms with van der Waals surface area (Å²) in [6.07, 6.45) is 3.81. The van der Waals surface area contributed by atoms with Crippen LogP contribution < -0.4 is 10.6 Å². The summed E-state index contributed by atoms with van der Waals surface area (Å²) >= 11 is 0. The maximum absolute atomic E-state index is 12.4. The minimum atomic E-state index is -0.324. The molecule has 0 aliphatic rings. The Morgan fingerprint density at radius 1 is 1.16 bits per heavy atom. The van der Waals surface area contributed by atoms with Crippen LogP contribution in [-0.4, -0.2) is 31.4 Å². The number of benzene rings is 1. The molecule has 0 aliphatic carbocycles. The summed E-state index contributed by atoms with van der Waals surface area (Å²) in [6, 6.07) is 10.6. The molecule has 3 aromatic heterocycles. The molecule has 0 saturated carbocycles. The molecule has 0 radical (unpaired) electrons. The van der Waals surface area contributed by atoms with Crippen LogP contribution in [-0.2, 0) is 17.8 Å². The van der Waals surface area contributed by atoms with Crippen molar-refractivity contribution in [2.24, 2.45) is 0 Å². The number of hydrogen-bond acceptors (Lipinski definition) is 6. The third kappa shape index (κ3) is 4.61. The number of nitrogens with one attached hydrogen (secondary N) is 2. The molecule has 0 unspecified atom stereocenters. The first-order valence-electron chi connectivity index (χ1n) is 9.87. The fourth-order valence-corrected chi connectivity index (χ4v) is 3.40. The van der Waals surface area contributed by atoms with E-state index < -0.39 is 0 Å². The first kappa shape index (κ1) is 20.3. The summed E-state index contributed by atoms with van der Waals surface area (Å²) < 4.78 is 6.78. The van der Waals surface area contributed by atoms with Crippen molar-refractivity contribution in [2.75, 3.05) is 5.32 Å².